The monoisotopic (exact) mass is 288 g/mol. The topological polar surface area (TPSA) is 0 Å². The van der Waals surface area contributed by atoms with Gasteiger partial charge in [0.1, 0.15) is 0 Å². The Hall–Kier alpha value is -0.850. The van der Waals surface area contributed by atoms with E-state index in [-0.39, 0.29) is 11.0 Å². The lowest BCUT2D eigenvalue weighted by molar-refractivity contribution is -0.143. The molecular formula is C11H10F6S. The van der Waals surface area contributed by atoms with Crippen LogP contribution < -0.4 is 0 Å². The van der Waals surface area contributed by atoms with Crippen LogP contribution in [0.1, 0.15) is 24.5 Å². The average Bonchev–Trinajstić information content (AvgIpc) is 2.23. The molecule has 1 rings (SSSR count). The van der Waals surface area contributed by atoms with E-state index in [1.54, 1.807) is 6.92 Å². The standard InChI is InChI=1S/C11H10F6S/c1-2-3-18-9-5-7(10(12,13)14)4-8(6-9)11(15,16)17/h4-6H,2-3H2,1H3. The molecule has 0 atom stereocenters. The van der Waals surface area contributed by atoms with E-state index in [1.165, 1.54) is 0 Å². The Labute approximate surface area is 104 Å². The van der Waals surface area contributed by atoms with Crippen molar-refractivity contribution in [3.63, 3.8) is 0 Å². The molecule has 7 heteroatoms. The molecule has 0 fully saturated rings. The Bertz CT molecular complexity index is 375. The van der Waals surface area contributed by atoms with Gasteiger partial charge in [0.05, 0.1) is 11.1 Å². The second kappa shape index (κ2) is 5.42. The minimum atomic E-state index is -4.78. The molecule has 0 aliphatic rings. The highest BCUT2D eigenvalue weighted by Gasteiger charge is 2.36. The molecule has 0 aliphatic carbocycles. The first kappa shape index (κ1) is 15.2. The van der Waals surface area contributed by atoms with Gasteiger partial charge >= 0.3 is 12.4 Å². The van der Waals surface area contributed by atoms with Crippen molar-refractivity contribution >= 4 is 11.8 Å². The fourth-order valence-corrected chi connectivity index (χ4v) is 2.09. The van der Waals surface area contributed by atoms with Crippen LogP contribution in [-0.4, -0.2) is 5.75 Å². The van der Waals surface area contributed by atoms with Gasteiger partial charge in [0.15, 0.2) is 0 Å². The molecule has 0 saturated carbocycles. The van der Waals surface area contributed by atoms with E-state index in [0.29, 0.717) is 12.2 Å². The maximum absolute atomic E-state index is 12.5. The summed E-state index contributed by atoms with van der Waals surface area (Å²) in [5.41, 5.74) is -2.54. The van der Waals surface area contributed by atoms with Gasteiger partial charge in [-0.3, -0.25) is 0 Å². The Morgan fingerprint density at radius 3 is 1.67 bits per heavy atom. The van der Waals surface area contributed by atoms with E-state index in [0.717, 1.165) is 23.9 Å². The summed E-state index contributed by atoms with van der Waals surface area (Å²) in [5, 5.41) is 0. The number of alkyl halides is 6. The largest absolute Gasteiger partial charge is 0.416 e. The van der Waals surface area contributed by atoms with Gasteiger partial charge in [0.25, 0.3) is 0 Å². The van der Waals surface area contributed by atoms with Crippen LogP contribution in [0.3, 0.4) is 0 Å². The van der Waals surface area contributed by atoms with Crippen molar-refractivity contribution in [1.82, 2.24) is 0 Å². The number of rotatable bonds is 3. The minimum Gasteiger partial charge on any atom is -0.166 e. The number of thioether (sulfide) groups is 1. The number of hydrogen-bond donors (Lipinski definition) is 0. The molecule has 0 aliphatic heterocycles. The smallest absolute Gasteiger partial charge is 0.166 e. The summed E-state index contributed by atoms with van der Waals surface area (Å²) in [6.45, 7) is 1.80. The van der Waals surface area contributed by atoms with Crippen LogP contribution in [0.25, 0.3) is 0 Å². The lowest BCUT2D eigenvalue weighted by Gasteiger charge is -2.13. The first-order valence-corrected chi connectivity index (χ1v) is 6.05. The zero-order valence-electron chi connectivity index (χ0n) is 9.32. The van der Waals surface area contributed by atoms with Crippen molar-refractivity contribution in [2.45, 2.75) is 30.6 Å². The van der Waals surface area contributed by atoms with Crippen molar-refractivity contribution in [3.05, 3.63) is 29.3 Å². The summed E-state index contributed by atoms with van der Waals surface area (Å²) in [5.74, 6) is 0.471. The molecule has 0 heterocycles. The molecule has 0 radical (unpaired) electrons. The average molecular weight is 288 g/mol. The summed E-state index contributed by atoms with van der Waals surface area (Å²) in [6.07, 6.45) is -8.88. The maximum atomic E-state index is 12.5. The Morgan fingerprint density at radius 1 is 0.889 bits per heavy atom. The lowest BCUT2D eigenvalue weighted by Crippen LogP contribution is -2.10. The summed E-state index contributed by atoms with van der Waals surface area (Å²) in [7, 11) is 0. The SMILES string of the molecule is CCCSc1cc(C(F)(F)F)cc(C(F)(F)F)c1. The Balaban J connectivity index is 3.21. The van der Waals surface area contributed by atoms with Gasteiger partial charge in [-0.2, -0.15) is 26.3 Å². The van der Waals surface area contributed by atoms with Gasteiger partial charge in [-0.05, 0) is 30.4 Å². The van der Waals surface area contributed by atoms with Crippen molar-refractivity contribution in [3.8, 4) is 0 Å². The maximum Gasteiger partial charge on any atom is 0.416 e. The number of benzene rings is 1. The third kappa shape index (κ3) is 4.12. The van der Waals surface area contributed by atoms with Crippen LogP contribution in [0, 0.1) is 0 Å². The summed E-state index contributed by atoms with van der Waals surface area (Å²) in [6, 6.07) is 1.63. The van der Waals surface area contributed by atoms with E-state index in [4.69, 9.17) is 0 Å². The highest BCUT2D eigenvalue weighted by atomic mass is 32.2. The van der Waals surface area contributed by atoms with Gasteiger partial charge in [0, 0.05) is 4.90 Å². The van der Waals surface area contributed by atoms with Gasteiger partial charge in [-0.15, -0.1) is 11.8 Å². The van der Waals surface area contributed by atoms with Gasteiger partial charge in [0.2, 0.25) is 0 Å². The van der Waals surface area contributed by atoms with Crippen LogP contribution in [-0.2, 0) is 12.4 Å². The van der Waals surface area contributed by atoms with E-state index >= 15 is 0 Å². The van der Waals surface area contributed by atoms with Crippen molar-refractivity contribution in [2.75, 3.05) is 5.75 Å². The van der Waals surface area contributed by atoms with Crippen LogP contribution in [0.2, 0.25) is 0 Å². The lowest BCUT2D eigenvalue weighted by atomic mass is 10.1. The van der Waals surface area contributed by atoms with Gasteiger partial charge in [-0.1, -0.05) is 6.92 Å². The molecule has 0 saturated heterocycles. The molecule has 0 bridgehead atoms. The normalized spacial score (nSPS) is 12.8. The van der Waals surface area contributed by atoms with Gasteiger partial charge in [-0.25, -0.2) is 0 Å². The third-order valence-electron chi connectivity index (χ3n) is 2.03. The highest BCUT2D eigenvalue weighted by molar-refractivity contribution is 7.99. The molecular weight excluding hydrogens is 278 g/mol. The van der Waals surface area contributed by atoms with Crippen LogP contribution in [0.5, 0.6) is 0 Å². The third-order valence-corrected chi connectivity index (χ3v) is 3.22. The summed E-state index contributed by atoms with van der Waals surface area (Å²) < 4.78 is 74.9. The van der Waals surface area contributed by atoms with Gasteiger partial charge < -0.3 is 0 Å². The molecule has 0 amide bonds. The minimum absolute atomic E-state index is 0.0148. The van der Waals surface area contributed by atoms with Crippen molar-refractivity contribution < 1.29 is 26.3 Å². The Kier molecular flexibility index (Phi) is 4.58. The van der Waals surface area contributed by atoms with Crippen molar-refractivity contribution in [1.29, 1.82) is 0 Å². The molecule has 0 unspecified atom stereocenters. The van der Waals surface area contributed by atoms with Crippen LogP contribution >= 0.6 is 11.8 Å². The van der Waals surface area contributed by atoms with Crippen LogP contribution in [0.15, 0.2) is 23.1 Å². The van der Waals surface area contributed by atoms with E-state index in [9.17, 15) is 26.3 Å². The zero-order valence-corrected chi connectivity index (χ0v) is 10.1. The first-order valence-electron chi connectivity index (χ1n) is 5.07. The molecule has 1 aromatic carbocycles. The van der Waals surface area contributed by atoms with E-state index in [1.807, 2.05) is 0 Å². The summed E-state index contributed by atoms with van der Waals surface area (Å²) in [4.78, 5) is -0.0148. The van der Waals surface area contributed by atoms with Crippen molar-refractivity contribution in [2.24, 2.45) is 0 Å². The molecule has 18 heavy (non-hydrogen) atoms. The molecule has 102 valence electrons. The molecule has 0 nitrogen and oxygen atoms in total. The van der Waals surface area contributed by atoms with Crippen LogP contribution in [0.4, 0.5) is 26.3 Å². The number of hydrogen-bond acceptors (Lipinski definition) is 1. The Morgan fingerprint density at radius 2 is 1.33 bits per heavy atom. The first-order chi connectivity index (χ1) is 8.14. The molecule has 0 spiro atoms. The highest BCUT2D eigenvalue weighted by Crippen LogP contribution is 2.38. The predicted octanol–water partition coefficient (Wildman–Crippen LogP) is 5.23. The fraction of sp³-hybridized carbons (Fsp3) is 0.455. The summed E-state index contributed by atoms with van der Waals surface area (Å²) >= 11 is 0.981. The quantitative estimate of drug-likeness (QED) is 0.542. The second-order valence-electron chi connectivity index (χ2n) is 3.59. The molecule has 1 aromatic rings. The second-order valence-corrected chi connectivity index (χ2v) is 4.76. The van der Waals surface area contributed by atoms with E-state index < -0.39 is 23.5 Å². The zero-order chi connectivity index (χ0) is 14.0. The fourth-order valence-electron chi connectivity index (χ4n) is 1.23. The van der Waals surface area contributed by atoms with E-state index in [2.05, 4.69) is 0 Å². The molecule has 0 aromatic heterocycles. The molecule has 0 N–H and O–H groups in total. The number of halogens is 6. The predicted molar refractivity (Wildman–Crippen MR) is 57.5 cm³/mol.